The molecule has 1 aromatic rings. The first-order valence-electron chi connectivity index (χ1n) is 10.7. The predicted octanol–water partition coefficient (Wildman–Crippen LogP) is 0.454. The number of carbonyl (C=O) groups excluding carboxylic acids is 2. The van der Waals surface area contributed by atoms with Crippen LogP contribution in [-0.4, -0.2) is 78.6 Å². The number of nitrogens with zero attached hydrogens (tertiary/aromatic N) is 2. The van der Waals surface area contributed by atoms with Gasteiger partial charge < -0.3 is 24.8 Å². The van der Waals surface area contributed by atoms with Gasteiger partial charge in [0.05, 0.1) is 11.7 Å². The quantitative estimate of drug-likeness (QED) is 0.691. The summed E-state index contributed by atoms with van der Waals surface area (Å²) in [6.07, 6.45) is 6.25. The van der Waals surface area contributed by atoms with Crippen molar-refractivity contribution in [1.29, 1.82) is 0 Å². The minimum Gasteiger partial charge on any atom is -0.365 e. The highest BCUT2D eigenvalue weighted by Gasteiger charge is 2.31. The van der Waals surface area contributed by atoms with Crippen molar-refractivity contribution < 1.29 is 14.3 Å². The minimum atomic E-state index is -0.267. The average Bonchev–Trinajstić information content (AvgIpc) is 3.54. The molecule has 3 heterocycles. The first-order chi connectivity index (χ1) is 14.1. The Bertz CT molecular complexity index is 763. The molecule has 2 aliphatic heterocycles. The molecule has 1 atom stereocenters. The summed E-state index contributed by atoms with van der Waals surface area (Å²) in [5.41, 5.74) is 0.149. The summed E-state index contributed by atoms with van der Waals surface area (Å²) < 4.78 is 5.61. The third kappa shape index (κ3) is 5.67. The zero-order chi connectivity index (χ0) is 20.2. The van der Waals surface area contributed by atoms with Crippen LogP contribution in [0.15, 0.2) is 23.1 Å². The lowest BCUT2D eigenvalue weighted by Gasteiger charge is -2.38. The summed E-state index contributed by atoms with van der Waals surface area (Å²) >= 11 is 0. The van der Waals surface area contributed by atoms with Crippen LogP contribution in [0.5, 0.6) is 0 Å². The molecule has 3 fully saturated rings. The van der Waals surface area contributed by atoms with E-state index in [1.54, 1.807) is 0 Å². The van der Waals surface area contributed by atoms with E-state index in [4.69, 9.17) is 4.74 Å². The SMILES string of the molecule is O=C(NC[C@@H]1CN(CC2CCN(CC3CC3)CC2)C(=O)CO1)c1ccc(=O)[nH]c1. The van der Waals surface area contributed by atoms with E-state index in [-0.39, 0.29) is 30.1 Å². The Morgan fingerprint density at radius 1 is 1.10 bits per heavy atom. The number of morpholine rings is 1. The van der Waals surface area contributed by atoms with Crippen molar-refractivity contribution in [1.82, 2.24) is 20.1 Å². The van der Waals surface area contributed by atoms with Crippen LogP contribution in [0.3, 0.4) is 0 Å². The van der Waals surface area contributed by atoms with Gasteiger partial charge in [-0.25, -0.2) is 0 Å². The van der Waals surface area contributed by atoms with Crippen molar-refractivity contribution >= 4 is 11.8 Å². The number of ether oxygens (including phenoxy) is 1. The van der Waals surface area contributed by atoms with Crippen LogP contribution in [0, 0.1) is 11.8 Å². The van der Waals surface area contributed by atoms with E-state index in [9.17, 15) is 14.4 Å². The maximum Gasteiger partial charge on any atom is 0.252 e. The molecule has 8 heteroatoms. The molecule has 1 aromatic heterocycles. The maximum atomic E-state index is 12.3. The lowest BCUT2D eigenvalue weighted by Crippen LogP contribution is -2.52. The molecule has 2 amide bonds. The number of nitrogens with one attached hydrogen (secondary N) is 2. The second-order valence-electron chi connectivity index (χ2n) is 8.57. The fourth-order valence-corrected chi connectivity index (χ4v) is 4.17. The second-order valence-corrected chi connectivity index (χ2v) is 8.57. The van der Waals surface area contributed by atoms with Crippen LogP contribution < -0.4 is 10.9 Å². The molecule has 0 radical (unpaired) electrons. The molecule has 0 unspecified atom stereocenters. The van der Waals surface area contributed by atoms with Gasteiger partial charge in [0, 0.05) is 38.4 Å². The molecule has 1 saturated carbocycles. The van der Waals surface area contributed by atoms with Crippen LogP contribution in [0.4, 0.5) is 0 Å². The van der Waals surface area contributed by atoms with Crippen molar-refractivity contribution in [2.24, 2.45) is 11.8 Å². The number of pyridine rings is 1. The molecule has 2 N–H and O–H groups in total. The highest BCUT2D eigenvalue weighted by molar-refractivity contribution is 5.93. The predicted molar refractivity (Wildman–Crippen MR) is 108 cm³/mol. The van der Waals surface area contributed by atoms with Crippen molar-refractivity contribution in [2.75, 3.05) is 45.9 Å². The number of carbonyl (C=O) groups is 2. The Labute approximate surface area is 170 Å². The Morgan fingerprint density at radius 2 is 1.86 bits per heavy atom. The van der Waals surface area contributed by atoms with Gasteiger partial charge in [0.15, 0.2) is 0 Å². The fourth-order valence-electron chi connectivity index (χ4n) is 4.17. The van der Waals surface area contributed by atoms with Gasteiger partial charge in [-0.15, -0.1) is 0 Å². The van der Waals surface area contributed by atoms with E-state index in [1.165, 1.54) is 37.7 Å². The van der Waals surface area contributed by atoms with Crippen LogP contribution in [0.25, 0.3) is 0 Å². The smallest absolute Gasteiger partial charge is 0.252 e. The summed E-state index contributed by atoms with van der Waals surface area (Å²) in [5, 5.41) is 2.83. The number of aromatic amines is 1. The van der Waals surface area contributed by atoms with E-state index in [2.05, 4.69) is 15.2 Å². The number of hydrogen-bond acceptors (Lipinski definition) is 5. The first-order valence-corrected chi connectivity index (χ1v) is 10.7. The first kappa shape index (κ1) is 20.1. The van der Waals surface area contributed by atoms with Crippen LogP contribution in [0.1, 0.15) is 36.0 Å². The maximum absolute atomic E-state index is 12.3. The van der Waals surface area contributed by atoms with E-state index in [0.717, 1.165) is 38.4 Å². The average molecular weight is 402 g/mol. The topological polar surface area (TPSA) is 94.7 Å². The van der Waals surface area contributed by atoms with E-state index in [0.29, 0.717) is 24.6 Å². The molecule has 8 nitrogen and oxygen atoms in total. The fraction of sp³-hybridized carbons (Fsp3) is 0.667. The molecule has 29 heavy (non-hydrogen) atoms. The largest absolute Gasteiger partial charge is 0.365 e. The molecular weight excluding hydrogens is 372 g/mol. The third-order valence-electron chi connectivity index (χ3n) is 6.15. The summed E-state index contributed by atoms with van der Waals surface area (Å²) in [7, 11) is 0. The molecule has 3 aliphatic rings. The summed E-state index contributed by atoms with van der Waals surface area (Å²) in [6, 6.07) is 2.81. The van der Waals surface area contributed by atoms with Gasteiger partial charge >= 0.3 is 0 Å². The van der Waals surface area contributed by atoms with Crippen LogP contribution in [0.2, 0.25) is 0 Å². The summed E-state index contributed by atoms with van der Waals surface area (Å²) in [4.78, 5) is 42.6. The lowest BCUT2D eigenvalue weighted by molar-refractivity contribution is -0.149. The summed E-state index contributed by atoms with van der Waals surface area (Å²) in [6.45, 7) is 5.22. The second kappa shape index (κ2) is 9.09. The van der Waals surface area contributed by atoms with Gasteiger partial charge in [0.2, 0.25) is 11.5 Å². The van der Waals surface area contributed by atoms with Gasteiger partial charge in [0.1, 0.15) is 6.61 Å². The van der Waals surface area contributed by atoms with Gasteiger partial charge in [-0.05, 0) is 56.7 Å². The number of amides is 2. The van der Waals surface area contributed by atoms with E-state index >= 15 is 0 Å². The third-order valence-corrected chi connectivity index (χ3v) is 6.15. The lowest BCUT2D eigenvalue weighted by atomic mass is 9.95. The number of hydrogen-bond donors (Lipinski definition) is 2. The number of likely N-dealkylation sites (tertiary alicyclic amines) is 1. The highest BCUT2D eigenvalue weighted by atomic mass is 16.5. The molecule has 2 saturated heterocycles. The number of rotatable bonds is 7. The van der Waals surface area contributed by atoms with Gasteiger partial charge in [-0.2, -0.15) is 0 Å². The van der Waals surface area contributed by atoms with Crippen molar-refractivity contribution in [3.63, 3.8) is 0 Å². The molecule has 4 rings (SSSR count). The minimum absolute atomic E-state index is 0.0358. The number of H-pyrrole nitrogens is 1. The van der Waals surface area contributed by atoms with Crippen LogP contribution in [-0.2, 0) is 9.53 Å². The number of aromatic nitrogens is 1. The van der Waals surface area contributed by atoms with Crippen molar-refractivity contribution in [3.8, 4) is 0 Å². The van der Waals surface area contributed by atoms with E-state index < -0.39 is 0 Å². The van der Waals surface area contributed by atoms with E-state index in [1.807, 2.05) is 4.90 Å². The number of piperidine rings is 1. The van der Waals surface area contributed by atoms with Crippen molar-refractivity contribution in [2.45, 2.75) is 31.8 Å². The van der Waals surface area contributed by atoms with Gasteiger partial charge in [-0.3, -0.25) is 14.4 Å². The monoisotopic (exact) mass is 402 g/mol. The Hall–Kier alpha value is -2.19. The molecule has 0 spiro atoms. The highest BCUT2D eigenvalue weighted by Crippen LogP contribution is 2.31. The van der Waals surface area contributed by atoms with Crippen LogP contribution >= 0.6 is 0 Å². The molecule has 1 aliphatic carbocycles. The normalized spacial score (nSPS) is 23.9. The zero-order valence-corrected chi connectivity index (χ0v) is 16.8. The molecule has 0 bridgehead atoms. The Kier molecular flexibility index (Phi) is 6.30. The molecule has 0 aromatic carbocycles. The van der Waals surface area contributed by atoms with Gasteiger partial charge in [0.25, 0.3) is 5.91 Å². The standard InChI is InChI=1S/C21H30N4O4/c26-19-4-3-17(9-22-19)21(28)23-10-18-13-25(20(27)14-29-18)12-16-5-7-24(8-6-16)11-15-1-2-15/h3-4,9,15-16,18H,1-2,5-8,10-14H2,(H,22,26)(H,23,28)/t18-/m1/s1. The Morgan fingerprint density at radius 3 is 2.55 bits per heavy atom. The Balaban J connectivity index is 1.21. The van der Waals surface area contributed by atoms with Crippen molar-refractivity contribution in [3.05, 3.63) is 34.2 Å². The molecular formula is C21H30N4O4. The van der Waals surface area contributed by atoms with Gasteiger partial charge in [-0.1, -0.05) is 0 Å². The molecule has 158 valence electrons. The summed E-state index contributed by atoms with van der Waals surface area (Å²) in [5.74, 6) is 1.24. The zero-order valence-electron chi connectivity index (χ0n) is 16.8.